The minimum Gasteiger partial charge on any atom is -0.368 e. The van der Waals surface area contributed by atoms with Gasteiger partial charge in [0, 0.05) is 18.2 Å². The molecule has 2 rings (SSSR count). The highest BCUT2D eigenvalue weighted by molar-refractivity contribution is 9.10. The number of nitrogens with zero attached hydrogens (tertiary/aromatic N) is 1. The lowest BCUT2D eigenvalue weighted by Crippen LogP contribution is -2.46. The van der Waals surface area contributed by atoms with Gasteiger partial charge >= 0.3 is 0 Å². The SMILES string of the molecule is NC(=O)[C@@H](Cc1cccnc1Br)NC(=O)c1ccc(F)c(F)c1. The van der Waals surface area contributed by atoms with Crippen molar-refractivity contribution in [3.63, 3.8) is 0 Å². The third kappa shape index (κ3) is 4.32. The lowest BCUT2D eigenvalue weighted by molar-refractivity contribution is -0.119. The quantitative estimate of drug-likeness (QED) is 0.773. The van der Waals surface area contributed by atoms with Crippen molar-refractivity contribution < 1.29 is 18.4 Å². The van der Waals surface area contributed by atoms with Gasteiger partial charge in [-0.1, -0.05) is 6.07 Å². The minimum absolute atomic E-state index is 0.110. The zero-order valence-corrected chi connectivity index (χ0v) is 13.3. The summed E-state index contributed by atoms with van der Waals surface area (Å²) in [4.78, 5) is 27.6. The number of carbonyl (C=O) groups excluding carboxylic acids is 2. The Labute approximate surface area is 139 Å². The summed E-state index contributed by atoms with van der Waals surface area (Å²) in [7, 11) is 0. The van der Waals surface area contributed by atoms with Gasteiger partial charge in [-0.05, 0) is 45.8 Å². The molecule has 8 heteroatoms. The topological polar surface area (TPSA) is 85.1 Å². The molecule has 1 aromatic carbocycles. The van der Waals surface area contributed by atoms with Gasteiger partial charge in [-0.3, -0.25) is 9.59 Å². The first-order chi connectivity index (χ1) is 10.9. The predicted octanol–water partition coefficient (Wildman–Crippen LogP) is 1.95. The van der Waals surface area contributed by atoms with Gasteiger partial charge in [-0.25, -0.2) is 13.8 Å². The highest BCUT2D eigenvalue weighted by Gasteiger charge is 2.21. The van der Waals surface area contributed by atoms with Crippen LogP contribution in [0.2, 0.25) is 0 Å². The van der Waals surface area contributed by atoms with E-state index in [-0.39, 0.29) is 12.0 Å². The Bertz CT molecular complexity index is 755. The molecule has 0 aliphatic carbocycles. The van der Waals surface area contributed by atoms with E-state index < -0.39 is 29.5 Å². The molecule has 1 aromatic heterocycles. The summed E-state index contributed by atoms with van der Waals surface area (Å²) < 4.78 is 26.6. The molecule has 0 saturated carbocycles. The van der Waals surface area contributed by atoms with Crippen LogP contribution in [-0.4, -0.2) is 22.8 Å². The number of halogens is 3. The van der Waals surface area contributed by atoms with Crippen LogP contribution in [-0.2, 0) is 11.2 Å². The molecule has 23 heavy (non-hydrogen) atoms. The molecule has 120 valence electrons. The monoisotopic (exact) mass is 383 g/mol. The Hall–Kier alpha value is -2.35. The fraction of sp³-hybridized carbons (Fsp3) is 0.133. The van der Waals surface area contributed by atoms with E-state index in [4.69, 9.17) is 5.73 Å². The molecule has 0 saturated heterocycles. The van der Waals surface area contributed by atoms with Gasteiger partial charge in [0.2, 0.25) is 5.91 Å². The van der Waals surface area contributed by atoms with Crippen molar-refractivity contribution in [2.75, 3.05) is 0 Å². The number of primary amides is 1. The molecule has 0 bridgehead atoms. The summed E-state index contributed by atoms with van der Waals surface area (Å²) in [6.45, 7) is 0. The molecular formula is C15H12BrF2N3O2. The average molecular weight is 384 g/mol. The lowest BCUT2D eigenvalue weighted by atomic mass is 10.1. The Morgan fingerprint density at radius 3 is 2.61 bits per heavy atom. The number of hydrogen-bond acceptors (Lipinski definition) is 3. The van der Waals surface area contributed by atoms with Crippen LogP contribution in [0.5, 0.6) is 0 Å². The van der Waals surface area contributed by atoms with Crippen LogP contribution in [0.15, 0.2) is 41.1 Å². The number of aromatic nitrogens is 1. The number of rotatable bonds is 5. The first-order valence-corrected chi connectivity index (χ1v) is 7.32. The third-order valence-corrected chi connectivity index (χ3v) is 3.80. The zero-order valence-electron chi connectivity index (χ0n) is 11.7. The number of pyridine rings is 1. The van der Waals surface area contributed by atoms with Crippen LogP contribution in [0.3, 0.4) is 0 Å². The average Bonchev–Trinajstić information content (AvgIpc) is 2.51. The maximum absolute atomic E-state index is 13.2. The first-order valence-electron chi connectivity index (χ1n) is 6.53. The highest BCUT2D eigenvalue weighted by Crippen LogP contribution is 2.15. The summed E-state index contributed by atoms with van der Waals surface area (Å²) >= 11 is 3.24. The molecule has 0 aliphatic rings. The van der Waals surface area contributed by atoms with Crippen LogP contribution < -0.4 is 11.1 Å². The Morgan fingerprint density at radius 1 is 1.26 bits per heavy atom. The summed E-state index contributed by atoms with van der Waals surface area (Å²) in [6.07, 6.45) is 1.67. The van der Waals surface area contributed by atoms with E-state index in [0.29, 0.717) is 10.2 Å². The van der Waals surface area contributed by atoms with E-state index in [9.17, 15) is 18.4 Å². The molecule has 0 aliphatic heterocycles. The molecule has 5 nitrogen and oxygen atoms in total. The molecular weight excluding hydrogens is 372 g/mol. The van der Waals surface area contributed by atoms with Crippen molar-refractivity contribution in [1.82, 2.24) is 10.3 Å². The van der Waals surface area contributed by atoms with Crippen LogP contribution >= 0.6 is 15.9 Å². The smallest absolute Gasteiger partial charge is 0.252 e. The molecule has 0 spiro atoms. The van der Waals surface area contributed by atoms with Crippen LogP contribution in [0.1, 0.15) is 15.9 Å². The second kappa shape index (κ2) is 7.28. The van der Waals surface area contributed by atoms with Crippen molar-refractivity contribution in [3.05, 3.63) is 63.9 Å². The van der Waals surface area contributed by atoms with Crippen LogP contribution in [0.25, 0.3) is 0 Å². The molecule has 0 fully saturated rings. The molecule has 2 amide bonds. The summed E-state index contributed by atoms with van der Waals surface area (Å²) in [5, 5.41) is 2.40. The number of hydrogen-bond donors (Lipinski definition) is 2. The van der Waals surface area contributed by atoms with Gasteiger partial charge < -0.3 is 11.1 Å². The molecule has 2 aromatic rings. The molecule has 1 heterocycles. The van der Waals surface area contributed by atoms with Gasteiger partial charge in [0.15, 0.2) is 11.6 Å². The van der Waals surface area contributed by atoms with Gasteiger partial charge in [0.05, 0.1) is 0 Å². The van der Waals surface area contributed by atoms with Crippen molar-refractivity contribution in [2.45, 2.75) is 12.5 Å². The second-order valence-electron chi connectivity index (χ2n) is 4.71. The van der Waals surface area contributed by atoms with Crippen LogP contribution in [0.4, 0.5) is 8.78 Å². The van der Waals surface area contributed by atoms with Crippen molar-refractivity contribution in [1.29, 1.82) is 0 Å². The largest absolute Gasteiger partial charge is 0.368 e. The summed E-state index contributed by atoms with van der Waals surface area (Å²) in [5.41, 5.74) is 5.85. The number of benzene rings is 1. The minimum atomic E-state index is -1.15. The second-order valence-corrected chi connectivity index (χ2v) is 5.47. The predicted molar refractivity (Wildman–Crippen MR) is 82.4 cm³/mol. The van der Waals surface area contributed by atoms with Gasteiger partial charge in [0.1, 0.15) is 10.6 Å². The van der Waals surface area contributed by atoms with E-state index in [2.05, 4.69) is 26.2 Å². The third-order valence-electron chi connectivity index (χ3n) is 3.09. The number of nitrogens with one attached hydrogen (secondary N) is 1. The van der Waals surface area contributed by atoms with E-state index in [1.165, 1.54) is 0 Å². The van der Waals surface area contributed by atoms with Crippen molar-refractivity contribution in [2.24, 2.45) is 5.73 Å². The van der Waals surface area contributed by atoms with Crippen LogP contribution in [0, 0.1) is 11.6 Å². The number of nitrogens with two attached hydrogens (primary N) is 1. The Balaban J connectivity index is 2.16. The molecule has 0 unspecified atom stereocenters. The Morgan fingerprint density at radius 2 is 2.00 bits per heavy atom. The van der Waals surface area contributed by atoms with E-state index in [0.717, 1.165) is 18.2 Å². The zero-order chi connectivity index (χ0) is 17.0. The Kier molecular flexibility index (Phi) is 5.38. The maximum atomic E-state index is 13.2. The molecule has 0 radical (unpaired) electrons. The number of amides is 2. The normalized spacial score (nSPS) is 11.8. The first kappa shape index (κ1) is 17.0. The van der Waals surface area contributed by atoms with Gasteiger partial charge in [0.25, 0.3) is 5.91 Å². The molecule has 1 atom stereocenters. The van der Waals surface area contributed by atoms with E-state index in [1.54, 1.807) is 18.3 Å². The van der Waals surface area contributed by atoms with Gasteiger partial charge in [-0.2, -0.15) is 0 Å². The van der Waals surface area contributed by atoms with E-state index >= 15 is 0 Å². The van der Waals surface area contributed by atoms with Gasteiger partial charge in [-0.15, -0.1) is 0 Å². The van der Waals surface area contributed by atoms with Crippen molar-refractivity contribution >= 4 is 27.7 Å². The molecule has 3 N–H and O–H groups in total. The van der Waals surface area contributed by atoms with E-state index in [1.807, 2.05) is 0 Å². The number of carbonyl (C=O) groups is 2. The standard InChI is InChI=1S/C15H12BrF2N3O2/c16-13-8(2-1-5-20-13)7-12(14(19)22)21-15(23)9-3-4-10(17)11(18)6-9/h1-6,12H,7H2,(H2,19,22)(H,21,23)/t12-/m1/s1. The van der Waals surface area contributed by atoms with Crippen molar-refractivity contribution in [3.8, 4) is 0 Å². The fourth-order valence-corrected chi connectivity index (χ4v) is 2.31. The summed E-state index contributed by atoms with van der Waals surface area (Å²) in [5.74, 6) is -3.69. The lowest BCUT2D eigenvalue weighted by Gasteiger charge is -2.16. The fourth-order valence-electron chi connectivity index (χ4n) is 1.89. The highest BCUT2D eigenvalue weighted by atomic mass is 79.9. The maximum Gasteiger partial charge on any atom is 0.252 e. The summed E-state index contributed by atoms with van der Waals surface area (Å²) in [6, 6.07) is 5.08.